The summed E-state index contributed by atoms with van der Waals surface area (Å²) in [5, 5.41) is 5.08. The van der Waals surface area contributed by atoms with Crippen LogP contribution in [0.25, 0.3) is 16.5 Å². The number of hydrogen-bond acceptors (Lipinski definition) is 6. The van der Waals surface area contributed by atoms with Crippen molar-refractivity contribution < 1.29 is 17.9 Å². The number of anilines is 1. The van der Waals surface area contributed by atoms with E-state index in [-0.39, 0.29) is 23.0 Å². The number of fused-ring (bicyclic) bond motifs is 1. The number of hydrogen-bond donors (Lipinski definition) is 1. The zero-order valence-corrected chi connectivity index (χ0v) is 24.0. The van der Waals surface area contributed by atoms with Crippen LogP contribution in [0.15, 0.2) is 64.4 Å². The highest BCUT2D eigenvalue weighted by Gasteiger charge is 2.25. The lowest BCUT2D eigenvalue weighted by molar-refractivity contribution is -0.112. The number of carbonyl (C=O) groups excluding carboxylic acids is 1. The lowest BCUT2D eigenvalue weighted by Crippen LogP contribution is -2.20. The van der Waals surface area contributed by atoms with Gasteiger partial charge in [-0.25, -0.2) is 8.42 Å². The first kappa shape index (κ1) is 28.2. The Morgan fingerprint density at radius 1 is 1.08 bits per heavy atom. The van der Waals surface area contributed by atoms with E-state index in [1.54, 1.807) is 23.5 Å². The van der Waals surface area contributed by atoms with Gasteiger partial charge >= 0.3 is 0 Å². The van der Waals surface area contributed by atoms with Crippen LogP contribution < -0.4 is 5.32 Å². The molecule has 0 bridgehead atoms. The van der Waals surface area contributed by atoms with E-state index in [9.17, 15) is 13.2 Å². The normalized spacial score (nSPS) is 14.6. The number of ether oxygens (including phenoxy) is 1. The van der Waals surface area contributed by atoms with Gasteiger partial charge in [-0.2, -0.15) is 0 Å². The SMILES string of the molecule is CCOCCCN(C)Cc1ccc(NC(=O)C2=Cc3cc(-c4cc(CC)cs4)ccc3S(=O)(=O)CC2)cc1. The Kier molecular flexibility index (Phi) is 9.54. The summed E-state index contributed by atoms with van der Waals surface area (Å²) in [7, 11) is -1.40. The van der Waals surface area contributed by atoms with Gasteiger partial charge in [-0.15, -0.1) is 11.3 Å². The highest BCUT2D eigenvalue weighted by molar-refractivity contribution is 7.91. The second-order valence-electron chi connectivity index (χ2n) is 9.60. The molecule has 1 amide bonds. The van der Waals surface area contributed by atoms with Gasteiger partial charge in [-0.05, 0) is 97.3 Å². The summed E-state index contributed by atoms with van der Waals surface area (Å²) in [5.74, 6) is -0.366. The van der Waals surface area contributed by atoms with Gasteiger partial charge in [0.15, 0.2) is 9.84 Å². The molecular weight excluding hydrogens is 516 g/mol. The van der Waals surface area contributed by atoms with Gasteiger partial charge in [0.2, 0.25) is 0 Å². The highest BCUT2D eigenvalue weighted by Crippen LogP contribution is 2.33. The van der Waals surface area contributed by atoms with E-state index in [1.807, 2.05) is 43.3 Å². The molecule has 2 heterocycles. The minimum Gasteiger partial charge on any atom is -0.382 e. The summed E-state index contributed by atoms with van der Waals surface area (Å²) >= 11 is 1.64. The Bertz CT molecular complexity index is 1390. The van der Waals surface area contributed by atoms with Crippen LogP contribution in [-0.4, -0.2) is 51.8 Å². The van der Waals surface area contributed by atoms with E-state index in [4.69, 9.17) is 4.74 Å². The van der Waals surface area contributed by atoms with E-state index < -0.39 is 9.84 Å². The molecule has 6 nitrogen and oxygen atoms in total. The fourth-order valence-electron chi connectivity index (χ4n) is 4.48. The van der Waals surface area contributed by atoms with Gasteiger partial charge in [0.05, 0.1) is 10.6 Å². The first-order chi connectivity index (χ1) is 18.3. The second kappa shape index (κ2) is 12.8. The molecule has 0 unspecified atom stereocenters. The van der Waals surface area contributed by atoms with Crippen LogP contribution in [0.4, 0.5) is 5.69 Å². The first-order valence-electron chi connectivity index (χ1n) is 13.1. The van der Waals surface area contributed by atoms with Gasteiger partial charge in [-0.1, -0.05) is 25.1 Å². The number of rotatable bonds is 11. The number of nitrogens with zero attached hydrogens (tertiary/aromatic N) is 1. The number of thiophene rings is 1. The van der Waals surface area contributed by atoms with Gasteiger partial charge in [-0.3, -0.25) is 4.79 Å². The lowest BCUT2D eigenvalue weighted by Gasteiger charge is -2.17. The minimum atomic E-state index is -3.48. The van der Waals surface area contributed by atoms with Crippen molar-refractivity contribution in [2.75, 3.05) is 37.9 Å². The Morgan fingerprint density at radius 3 is 2.58 bits per heavy atom. The third-order valence-corrected chi connectivity index (χ3v) is 9.46. The fraction of sp³-hybridized carbons (Fsp3) is 0.367. The number of nitrogens with one attached hydrogen (secondary N) is 1. The number of sulfone groups is 1. The number of amides is 1. The molecule has 1 aromatic heterocycles. The molecule has 2 aromatic carbocycles. The molecule has 0 aliphatic carbocycles. The summed E-state index contributed by atoms with van der Waals surface area (Å²) in [6.07, 6.45) is 3.84. The Balaban J connectivity index is 1.47. The molecule has 38 heavy (non-hydrogen) atoms. The van der Waals surface area contributed by atoms with Gasteiger partial charge in [0, 0.05) is 42.4 Å². The van der Waals surface area contributed by atoms with Gasteiger partial charge in [0.1, 0.15) is 0 Å². The van der Waals surface area contributed by atoms with Crippen molar-refractivity contribution in [1.82, 2.24) is 4.90 Å². The molecule has 0 fully saturated rings. The third kappa shape index (κ3) is 7.20. The molecule has 202 valence electrons. The predicted octanol–water partition coefficient (Wildman–Crippen LogP) is 6.04. The molecule has 4 rings (SSSR count). The van der Waals surface area contributed by atoms with Crippen molar-refractivity contribution in [3.05, 3.63) is 76.2 Å². The van der Waals surface area contributed by atoms with Crippen LogP contribution in [0, 0.1) is 0 Å². The van der Waals surface area contributed by atoms with E-state index in [0.717, 1.165) is 55.1 Å². The average molecular weight is 553 g/mol. The van der Waals surface area contributed by atoms with Crippen molar-refractivity contribution in [3.8, 4) is 10.4 Å². The number of carbonyl (C=O) groups is 1. The molecule has 3 aromatic rings. The number of benzene rings is 2. The Morgan fingerprint density at radius 2 is 1.87 bits per heavy atom. The molecule has 0 saturated carbocycles. The van der Waals surface area contributed by atoms with E-state index in [0.29, 0.717) is 16.8 Å². The van der Waals surface area contributed by atoms with Crippen LogP contribution in [-0.2, 0) is 32.3 Å². The topological polar surface area (TPSA) is 75.7 Å². The minimum absolute atomic E-state index is 0.0911. The van der Waals surface area contributed by atoms with Crippen molar-refractivity contribution in [2.24, 2.45) is 0 Å². The summed E-state index contributed by atoms with van der Waals surface area (Å²) in [6, 6.07) is 15.4. The van der Waals surface area contributed by atoms with Crippen LogP contribution >= 0.6 is 11.3 Å². The largest absolute Gasteiger partial charge is 0.382 e. The summed E-state index contributed by atoms with van der Waals surface area (Å²) < 4.78 is 31.3. The monoisotopic (exact) mass is 552 g/mol. The Hall–Kier alpha value is -2.78. The van der Waals surface area contributed by atoms with Crippen LogP contribution in [0.1, 0.15) is 43.4 Å². The maximum Gasteiger partial charge on any atom is 0.251 e. The molecule has 0 atom stereocenters. The fourth-order valence-corrected chi connectivity index (χ4v) is 6.94. The van der Waals surface area contributed by atoms with Crippen LogP contribution in [0.3, 0.4) is 0 Å². The van der Waals surface area contributed by atoms with Crippen LogP contribution in [0.5, 0.6) is 0 Å². The van der Waals surface area contributed by atoms with Gasteiger partial charge < -0.3 is 15.0 Å². The quantitative estimate of drug-likeness (QED) is 0.294. The molecule has 1 aliphatic heterocycles. The standard InChI is InChI=1S/C30H36N2O4S2/c1-4-22-17-28(37-21-22)24-9-12-29-26(18-24)19-25(13-16-38(29,34)35)30(33)31-27-10-7-23(8-11-27)20-32(3)14-6-15-36-5-2/h7-12,17-19,21H,4-6,13-16,20H2,1-3H3,(H,31,33). The van der Waals surface area contributed by atoms with Crippen molar-refractivity contribution in [1.29, 1.82) is 0 Å². The Labute approximate surface area is 230 Å². The van der Waals surface area contributed by atoms with Gasteiger partial charge in [0.25, 0.3) is 5.91 Å². The van der Waals surface area contributed by atoms with Crippen LogP contribution in [0.2, 0.25) is 0 Å². The summed E-state index contributed by atoms with van der Waals surface area (Å²) in [4.78, 5) is 16.8. The zero-order chi connectivity index (χ0) is 27.1. The molecular formula is C30H36N2O4S2. The predicted molar refractivity (Wildman–Crippen MR) is 156 cm³/mol. The molecule has 8 heteroatoms. The lowest BCUT2D eigenvalue weighted by atomic mass is 10.0. The first-order valence-corrected chi connectivity index (χ1v) is 15.6. The highest BCUT2D eigenvalue weighted by atomic mass is 32.2. The third-order valence-electron chi connectivity index (χ3n) is 6.65. The maximum absolute atomic E-state index is 13.2. The molecule has 0 saturated heterocycles. The molecule has 1 aliphatic rings. The van der Waals surface area contributed by atoms with Crippen molar-refractivity contribution in [2.45, 2.75) is 44.6 Å². The van der Waals surface area contributed by atoms with Crippen molar-refractivity contribution in [3.63, 3.8) is 0 Å². The van der Waals surface area contributed by atoms with E-state index >= 15 is 0 Å². The average Bonchev–Trinajstić information content (AvgIpc) is 3.34. The molecule has 0 spiro atoms. The summed E-state index contributed by atoms with van der Waals surface area (Å²) in [5.41, 5.74) is 5.08. The van der Waals surface area contributed by atoms with E-state index in [1.165, 1.54) is 5.56 Å². The second-order valence-corrected chi connectivity index (χ2v) is 12.6. The van der Waals surface area contributed by atoms with Crippen molar-refractivity contribution >= 4 is 38.8 Å². The molecule has 0 radical (unpaired) electrons. The molecule has 1 N–H and O–H groups in total. The summed E-state index contributed by atoms with van der Waals surface area (Å²) in [6.45, 7) is 7.38. The van der Waals surface area contributed by atoms with E-state index in [2.05, 4.69) is 35.6 Å². The maximum atomic E-state index is 13.2. The number of aryl methyl sites for hydroxylation is 1. The smallest absolute Gasteiger partial charge is 0.251 e. The zero-order valence-electron chi connectivity index (χ0n) is 22.3.